The lowest BCUT2D eigenvalue weighted by Gasteiger charge is -2.16. The van der Waals surface area contributed by atoms with E-state index in [9.17, 15) is 4.79 Å². The number of esters is 1. The molecular weight excluding hydrogens is 262 g/mol. The van der Waals surface area contributed by atoms with Gasteiger partial charge in [0.15, 0.2) is 0 Å². The van der Waals surface area contributed by atoms with Gasteiger partial charge < -0.3 is 4.74 Å². The number of nitriles is 1. The van der Waals surface area contributed by atoms with E-state index in [1.807, 2.05) is 45.0 Å². The second-order valence-corrected chi connectivity index (χ2v) is 5.85. The van der Waals surface area contributed by atoms with E-state index in [1.54, 1.807) is 24.3 Å². The standard InChI is InChI=1S/C18H17NO2/c1-18(2,3)17(20)21-16-10-8-15(9-11-16)14-6-4-13(12-19)5-7-14/h4-11H,1-3H3. The van der Waals surface area contributed by atoms with Crippen LogP contribution in [-0.4, -0.2) is 5.97 Å². The Hall–Kier alpha value is -2.60. The number of carbonyl (C=O) groups is 1. The Morgan fingerprint density at radius 2 is 1.43 bits per heavy atom. The summed E-state index contributed by atoms with van der Waals surface area (Å²) in [4.78, 5) is 11.8. The van der Waals surface area contributed by atoms with Crippen molar-refractivity contribution in [1.82, 2.24) is 0 Å². The third-order valence-electron chi connectivity index (χ3n) is 3.02. The lowest BCUT2D eigenvalue weighted by molar-refractivity contribution is -0.142. The Bertz CT molecular complexity index is 671. The molecule has 0 fully saturated rings. The molecule has 0 atom stereocenters. The first-order chi connectivity index (χ1) is 9.90. The average molecular weight is 279 g/mol. The summed E-state index contributed by atoms with van der Waals surface area (Å²) < 4.78 is 5.32. The fourth-order valence-electron chi connectivity index (χ4n) is 1.71. The minimum Gasteiger partial charge on any atom is -0.426 e. The van der Waals surface area contributed by atoms with Gasteiger partial charge in [-0.05, 0) is 56.2 Å². The molecule has 2 aromatic rings. The summed E-state index contributed by atoms with van der Waals surface area (Å²) in [6.45, 7) is 5.46. The van der Waals surface area contributed by atoms with Crippen molar-refractivity contribution in [2.45, 2.75) is 20.8 Å². The van der Waals surface area contributed by atoms with Gasteiger partial charge in [0.25, 0.3) is 0 Å². The summed E-state index contributed by atoms with van der Waals surface area (Å²) in [5, 5.41) is 8.79. The first kappa shape index (κ1) is 14.8. The topological polar surface area (TPSA) is 50.1 Å². The van der Waals surface area contributed by atoms with Gasteiger partial charge in [0.1, 0.15) is 5.75 Å². The molecule has 0 N–H and O–H groups in total. The van der Waals surface area contributed by atoms with Crippen molar-refractivity contribution in [1.29, 1.82) is 5.26 Å². The van der Waals surface area contributed by atoms with E-state index in [0.29, 0.717) is 11.3 Å². The zero-order valence-corrected chi connectivity index (χ0v) is 12.4. The van der Waals surface area contributed by atoms with E-state index in [1.165, 1.54) is 0 Å². The van der Waals surface area contributed by atoms with Crippen LogP contribution in [0.1, 0.15) is 26.3 Å². The fourth-order valence-corrected chi connectivity index (χ4v) is 1.71. The van der Waals surface area contributed by atoms with Crippen molar-refractivity contribution in [3.8, 4) is 22.9 Å². The number of carbonyl (C=O) groups excluding carboxylic acids is 1. The average Bonchev–Trinajstić information content (AvgIpc) is 2.47. The zero-order chi connectivity index (χ0) is 15.5. The quantitative estimate of drug-likeness (QED) is 0.612. The van der Waals surface area contributed by atoms with Gasteiger partial charge in [0.2, 0.25) is 0 Å². The number of benzene rings is 2. The molecule has 106 valence electrons. The zero-order valence-electron chi connectivity index (χ0n) is 12.4. The first-order valence-electron chi connectivity index (χ1n) is 6.73. The van der Waals surface area contributed by atoms with E-state index < -0.39 is 5.41 Å². The lowest BCUT2D eigenvalue weighted by atomic mass is 9.97. The van der Waals surface area contributed by atoms with Crippen LogP contribution in [0, 0.1) is 16.7 Å². The Morgan fingerprint density at radius 1 is 0.952 bits per heavy atom. The van der Waals surface area contributed by atoms with Gasteiger partial charge in [0, 0.05) is 0 Å². The molecule has 0 spiro atoms. The summed E-state index contributed by atoms with van der Waals surface area (Å²) in [7, 11) is 0. The smallest absolute Gasteiger partial charge is 0.316 e. The Morgan fingerprint density at radius 3 is 1.86 bits per heavy atom. The highest BCUT2D eigenvalue weighted by molar-refractivity contribution is 5.78. The largest absolute Gasteiger partial charge is 0.426 e. The molecule has 0 aliphatic carbocycles. The van der Waals surface area contributed by atoms with E-state index in [2.05, 4.69) is 6.07 Å². The fraction of sp³-hybridized carbons (Fsp3) is 0.222. The monoisotopic (exact) mass is 279 g/mol. The molecular formula is C18H17NO2. The summed E-state index contributed by atoms with van der Waals surface area (Å²) >= 11 is 0. The molecule has 0 saturated carbocycles. The van der Waals surface area contributed by atoms with Crippen molar-refractivity contribution >= 4 is 5.97 Å². The summed E-state index contributed by atoms with van der Waals surface area (Å²) in [5.41, 5.74) is 2.14. The Kier molecular flexibility index (Phi) is 4.09. The summed E-state index contributed by atoms with van der Waals surface area (Å²) in [5.74, 6) is 0.279. The molecule has 0 amide bonds. The van der Waals surface area contributed by atoms with Crippen LogP contribution in [-0.2, 0) is 4.79 Å². The molecule has 3 heteroatoms. The maximum absolute atomic E-state index is 11.8. The van der Waals surface area contributed by atoms with E-state index in [0.717, 1.165) is 11.1 Å². The van der Waals surface area contributed by atoms with Crippen LogP contribution >= 0.6 is 0 Å². The predicted molar refractivity (Wildman–Crippen MR) is 81.7 cm³/mol. The maximum Gasteiger partial charge on any atom is 0.316 e. The van der Waals surface area contributed by atoms with E-state index in [-0.39, 0.29) is 5.97 Å². The number of nitrogens with zero attached hydrogens (tertiary/aromatic N) is 1. The van der Waals surface area contributed by atoms with Gasteiger partial charge >= 0.3 is 5.97 Å². The number of hydrogen-bond acceptors (Lipinski definition) is 3. The molecule has 0 aliphatic heterocycles. The van der Waals surface area contributed by atoms with E-state index in [4.69, 9.17) is 10.00 Å². The molecule has 0 saturated heterocycles. The van der Waals surface area contributed by atoms with Crippen LogP contribution < -0.4 is 4.74 Å². The van der Waals surface area contributed by atoms with Crippen LogP contribution in [0.5, 0.6) is 5.75 Å². The molecule has 2 rings (SSSR count). The van der Waals surface area contributed by atoms with Crippen LogP contribution in [0.4, 0.5) is 0 Å². The molecule has 0 aromatic heterocycles. The minimum absolute atomic E-state index is 0.256. The third-order valence-corrected chi connectivity index (χ3v) is 3.02. The Labute approximate surface area is 124 Å². The Balaban J connectivity index is 2.15. The highest BCUT2D eigenvalue weighted by atomic mass is 16.5. The molecule has 3 nitrogen and oxygen atoms in total. The van der Waals surface area contributed by atoms with Gasteiger partial charge in [-0.1, -0.05) is 24.3 Å². The minimum atomic E-state index is -0.522. The first-order valence-corrected chi connectivity index (χ1v) is 6.73. The van der Waals surface area contributed by atoms with Gasteiger partial charge in [-0.2, -0.15) is 5.26 Å². The van der Waals surface area contributed by atoms with Crippen LogP contribution in [0.25, 0.3) is 11.1 Å². The van der Waals surface area contributed by atoms with Gasteiger partial charge in [0.05, 0.1) is 17.0 Å². The molecule has 0 bridgehead atoms. The highest BCUT2D eigenvalue weighted by Crippen LogP contribution is 2.24. The number of ether oxygens (including phenoxy) is 1. The van der Waals surface area contributed by atoms with E-state index >= 15 is 0 Å². The molecule has 0 heterocycles. The van der Waals surface area contributed by atoms with Crippen molar-refractivity contribution in [2.75, 3.05) is 0 Å². The summed E-state index contributed by atoms with van der Waals surface area (Å²) in [6.07, 6.45) is 0. The van der Waals surface area contributed by atoms with Crippen molar-refractivity contribution < 1.29 is 9.53 Å². The normalized spacial score (nSPS) is 10.8. The molecule has 0 aliphatic rings. The second-order valence-electron chi connectivity index (χ2n) is 5.85. The molecule has 0 unspecified atom stereocenters. The van der Waals surface area contributed by atoms with Gasteiger partial charge in [-0.3, -0.25) is 4.79 Å². The summed E-state index contributed by atoms with van der Waals surface area (Å²) in [6, 6.07) is 16.8. The second kappa shape index (κ2) is 5.80. The van der Waals surface area contributed by atoms with Crippen molar-refractivity contribution in [3.05, 3.63) is 54.1 Å². The lowest BCUT2D eigenvalue weighted by Crippen LogP contribution is -2.25. The maximum atomic E-state index is 11.8. The molecule has 2 aromatic carbocycles. The predicted octanol–water partition coefficient (Wildman–Crippen LogP) is 4.18. The SMILES string of the molecule is CC(C)(C)C(=O)Oc1ccc(-c2ccc(C#N)cc2)cc1. The van der Waals surface area contributed by atoms with Gasteiger partial charge in [-0.15, -0.1) is 0 Å². The third kappa shape index (κ3) is 3.70. The molecule has 0 radical (unpaired) electrons. The van der Waals surface area contributed by atoms with Crippen LogP contribution in [0.2, 0.25) is 0 Å². The van der Waals surface area contributed by atoms with Crippen LogP contribution in [0.3, 0.4) is 0 Å². The van der Waals surface area contributed by atoms with Crippen molar-refractivity contribution in [2.24, 2.45) is 5.41 Å². The van der Waals surface area contributed by atoms with Crippen LogP contribution in [0.15, 0.2) is 48.5 Å². The molecule has 21 heavy (non-hydrogen) atoms. The highest BCUT2D eigenvalue weighted by Gasteiger charge is 2.23. The number of hydrogen-bond donors (Lipinski definition) is 0. The van der Waals surface area contributed by atoms with Gasteiger partial charge in [-0.25, -0.2) is 0 Å². The number of rotatable bonds is 2. The van der Waals surface area contributed by atoms with Crippen molar-refractivity contribution in [3.63, 3.8) is 0 Å².